The Hall–Kier alpha value is -2.89. The standard InChI is InChI=1S/C19H21N5O/c1-3-25-17-7-5-4-6-15(17)14-8-10-24(11-9-14)19-16-12-22-23(2)18(16)20-13-21-19/h4-8,12-13H,3,9-11H2,1-2H3. The minimum atomic E-state index is 0.677. The topological polar surface area (TPSA) is 56.1 Å². The summed E-state index contributed by atoms with van der Waals surface area (Å²) in [6, 6.07) is 8.25. The van der Waals surface area contributed by atoms with E-state index in [2.05, 4.69) is 38.2 Å². The fourth-order valence-electron chi connectivity index (χ4n) is 3.32. The summed E-state index contributed by atoms with van der Waals surface area (Å²) < 4.78 is 7.56. The number of para-hydroxylation sites is 1. The molecule has 0 radical (unpaired) electrons. The lowest BCUT2D eigenvalue weighted by Crippen LogP contribution is -2.29. The Kier molecular flexibility index (Phi) is 4.09. The second-order valence-corrected chi connectivity index (χ2v) is 6.06. The molecule has 0 unspecified atom stereocenters. The molecule has 0 spiro atoms. The molecule has 0 fully saturated rings. The van der Waals surface area contributed by atoms with Crippen molar-refractivity contribution in [2.24, 2.45) is 7.05 Å². The molecule has 6 heteroatoms. The van der Waals surface area contributed by atoms with Crippen LogP contribution in [0.2, 0.25) is 0 Å². The Balaban J connectivity index is 1.62. The molecule has 0 N–H and O–H groups in total. The molecule has 0 saturated heterocycles. The highest BCUT2D eigenvalue weighted by Crippen LogP contribution is 2.32. The maximum absolute atomic E-state index is 5.78. The number of benzene rings is 1. The van der Waals surface area contributed by atoms with Crippen LogP contribution in [0, 0.1) is 0 Å². The van der Waals surface area contributed by atoms with Crippen LogP contribution in [-0.2, 0) is 7.05 Å². The molecule has 3 heterocycles. The molecule has 6 nitrogen and oxygen atoms in total. The van der Waals surface area contributed by atoms with E-state index in [4.69, 9.17) is 4.74 Å². The number of hydrogen-bond donors (Lipinski definition) is 0. The summed E-state index contributed by atoms with van der Waals surface area (Å²) in [6.07, 6.45) is 6.68. The fraction of sp³-hybridized carbons (Fsp3) is 0.316. The van der Waals surface area contributed by atoms with Gasteiger partial charge >= 0.3 is 0 Å². The van der Waals surface area contributed by atoms with Crippen molar-refractivity contribution in [3.8, 4) is 5.75 Å². The summed E-state index contributed by atoms with van der Waals surface area (Å²) in [4.78, 5) is 11.1. The predicted octanol–water partition coefficient (Wildman–Crippen LogP) is 3.06. The Bertz CT molecular complexity index is 930. The largest absolute Gasteiger partial charge is 0.493 e. The summed E-state index contributed by atoms with van der Waals surface area (Å²) in [5, 5.41) is 5.30. The zero-order chi connectivity index (χ0) is 17.2. The first kappa shape index (κ1) is 15.6. The van der Waals surface area contributed by atoms with Gasteiger partial charge in [-0.15, -0.1) is 0 Å². The van der Waals surface area contributed by atoms with Gasteiger partial charge in [0.25, 0.3) is 0 Å². The molecule has 128 valence electrons. The first-order valence-electron chi connectivity index (χ1n) is 8.57. The third-order valence-corrected chi connectivity index (χ3v) is 4.55. The Morgan fingerprint density at radius 2 is 2.08 bits per heavy atom. The lowest BCUT2D eigenvalue weighted by atomic mass is 9.98. The van der Waals surface area contributed by atoms with Crippen molar-refractivity contribution in [1.29, 1.82) is 0 Å². The van der Waals surface area contributed by atoms with Gasteiger partial charge in [-0.3, -0.25) is 4.68 Å². The number of aromatic nitrogens is 4. The lowest BCUT2D eigenvalue weighted by Gasteiger charge is -2.28. The normalized spacial score (nSPS) is 14.6. The molecule has 2 aromatic heterocycles. The van der Waals surface area contributed by atoms with Crippen molar-refractivity contribution in [2.45, 2.75) is 13.3 Å². The van der Waals surface area contributed by atoms with Gasteiger partial charge in [-0.25, -0.2) is 9.97 Å². The Morgan fingerprint density at radius 3 is 2.88 bits per heavy atom. The molecular weight excluding hydrogens is 314 g/mol. The van der Waals surface area contributed by atoms with Crippen molar-refractivity contribution < 1.29 is 4.74 Å². The smallest absolute Gasteiger partial charge is 0.163 e. The van der Waals surface area contributed by atoms with E-state index in [0.29, 0.717) is 6.61 Å². The molecule has 0 saturated carbocycles. The second kappa shape index (κ2) is 6.55. The van der Waals surface area contributed by atoms with Crippen LogP contribution < -0.4 is 9.64 Å². The summed E-state index contributed by atoms with van der Waals surface area (Å²) in [5.41, 5.74) is 3.39. The molecule has 4 rings (SSSR count). The highest BCUT2D eigenvalue weighted by Gasteiger charge is 2.19. The third kappa shape index (κ3) is 2.84. The fourth-order valence-corrected chi connectivity index (χ4v) is 3.32. The molecule has 1 aliphatic rings. The van der Waals surface area contributed by atoms with Gasteiger partial charge in [0.05, 0.1) is 18.2 Å². The molecule has 0 aliphatic carbocycles. The summed E-state index contributed by atoms with van der Waals surface area (Å²) in [7, 11) is 1.90. The van der Waals surface area contributed by atoms with Crippen LogP contribution in [0.4, 0.5) is 5.82 Å². The number of hydrogen-bond acceptors (Lipinski definition) is 5. The van der Waals surface area contributed by atoms with E-state index in [-0.39, 0.29) is 0 Å². The highest BCUT2D eigenvalue weighted by atomic mass is 16.5. The van der Waals surface area contributed by atoms with Crippen LogP contribution in [-0.4, -0.2) is 39.4 Å². The maximum Gasteiger partial charge on any atom is 0.163 e. The maximum atomic E-state index is 5.78. The minimum absolute atomic E-state index is 0.677. The Labute approximate surface area is 146 Å². The van der Waals surface area contributed by atoms with Crippen LogP contribution in [0.1, 0.15) is 18.9 Å². The van der Waals surface area contributed by atoms with E-state index in [1.165, 1.54) is 11.1 Å². The van der Waals surface area contributed by atoms with Crippen molar-refractivity contribution >= 4 is 22.4 Å². The van der Waals surface area contributed by atoms with Gasteiger partial charge in [-0.05, 0) is 25.0 Å². The van der Waals surface area contributed by atoms with Crippen LogP contribution in [0.15, 0.2) is 42.9 Å². The van der Waals surface area contributed by atoms with Crippen LogP contribution in [0.25, 0.3) is 16.6 Å². The van der Waals surface area contributed by atoms with E-state index in [1.807, 2.05) is 32.3 Å². The van der Waals surface area contributed by atoms with E-state index in [0.717, 1.165) is 42.1 Å². The first-order chi connectivity index (χ1) is 12.3. The Morgan fingerprint density at radius 1 is 1.20 bits per heavy atom. The van der Waals surface area contributed by atoms with Gasteiger partial charge in [-0.2, -0.15) is 5.10 Å². The molecule has 0 amide bonds. The monoisotopic (exact) mass is 335 g/mol. The van der Waals surface area contributed by atoms with Crippen LogP contribution >= 0.6 is 0 Å². The number of anilines is 1. The molecular formula is C19H21N5O. The average Bonchev–Trinajstić information content (AvgIpc) is 3.04. The quantitative estimate of drug-likeness (QED) is 0.733. The van der Waals surface area contributed by atoms with E-state index >= 15 is 0 Å². The van der Waals surface area contributed by atoms with Gasteiger partial charge < -0.3 is 9.64 Å². The van der Waals surface area contributed by atoms with E-state index in [9.17, 15) is 0 Å². The first-order valence-corrected chi connectivity index (χ1v) is 8.57. The summed E-state index contributed by atoms with van der Waals surface area (Å²) in [6.45, 7) is 4.42. The molecule has 25 heavy (non-hydrogen) atoms. The third-order valence-electron chi connectivity index (χ3n) is 4.55. The molecule has 0 atom stereocenters. The predicted molar refractivity (Wildman–Crippen MR) is 98.7 cm³/mol. The van der Waals surface area contributed by atoms with Crippen molar-refractivity contribution in [1.82, 2.24) is 19.7 Å². The second-order valence-electron chi connectivity index (χ2n) is 6.06. The summed E-state index contributed by atoms with van der Waals surface area (Å²) in [5.74, 6) is 1.91. The van der Waals surface area contributed by atoms with Gasteiger partial charge in [-0.1, -0.05) is 24.3 Å². The highest BCUT2D eigenvalue weighted by molar-refractivity contribution is 5.87. The zero-order valence-corrected chi connectivity index (χ0v) is 14.5. The summed E-state index contributed by atoms with van der Waals surface area (Å²) >= 11 is 0. The molecule has 1 aliphatic heterocycles. The van der Waals surface area contributed by atoms with E-state index < -0.39 is 0 Å². The van der Waals surface area contributed by atoms with Gasteiger partial charge in [0.15, 0.2) is 5.65 Å². The van der Waals surface area contributed by atoms with Gasteiger partial charge in [0, 0.05) is 25.7 Å². The van der Waals surface area contributed by atoms with Crippen molar-refractivity contribution in [3.63, 3.8) is 0 Å². The number of fused-ring (bicyclic) bond motifs is 1. The average molecular weight is 335 g/mol. The SMILES string of the molecule is CCOc1ccccc1C1=CCN(c2ncnc3c2cnn3C)CC1. The minimum Gasteiger partial charge on any atom is -0.493 e. The van der Waals surface area contributed by atoms with Crippen LogP contribution in [0.3, 0.4) is 0 Å². The van der Waals surface area contributed by atoms with Gasteiger partial charge in [0.1, 0.15) is 17.9 Å². The van der Waals surface area contributed by atoms with Gasteiger partial charge in [0.2, 0.25) is 0 Å². The van der Waals surface area contributed by atoms with E-state index in [1.54, 1.807) is 11.0 Å². The zero-order valence-electron chi connectivity index (χ0n) is 14.5. The number of nitrogens with zero attached hydrogens (tertiary/aromatic N) is 5. The van der Waals surface area contributed by atoms with Crippen molar-refractivity contribution in [2.75, 3.05) is 24.6 Å². The number of aryl methyl sites for hydroxylation is 1. The van der Waals surface area contributed by atoms with Crippen molar-refractivity contribution in [3.05, 3.63) is 48.4 Å². The van der Waals surface area contributed by atoms with Crippen LogP contribution in [0.5, 0.6) is 5.75 Å². The molecule has 1 aromatic carbocycles. The lowest BCUT2D eigenvalue weighted by molar-refractivity contribution is 0.339. The molecule has 3 aromatic rings. The number of ether oxygens (including phenoxy) is 1. The number of rotatable bonds is 4. The molecule has 0 bridgehead atoms.